The molecule has 1 fully saturated rings. The smallest absolute Gasteiger partial charge is 0.287 e. The maximum absolute atomic E-state index is 11.8. The van der Waals surface area contributed by atoms with Crippen molar-refractivity contribution in [3.63, 3.8) is 0 Å². The standard InChI is InChI=1S/C13H15ClN2O4/c14-11-7-10(3-4-12(11)16(18)19)13(17)15-5-6-20-8-9-1-2-9/h3-4,7,9H,1-2,5-6,8H2,(H,15,17). The van der Waals surface area contributed by atoms with Crippen LogP contribution in [-0.2, 0) is 4.74 Å². The van der Waals surface area contributed by atoms with E-state index in [0.717, 1.165) is 6.61 Å². The molecular formula is C13H15ClN2O4. The van der Waals surface area contributed by atoms with E-state index in [4.69, 9.17) is 16.3 Å². The average Bonchev–Trinajstić information content (AvgIpc) is 3.21. The normalized spacial score (nSPS) is 14.1. The van der Waals surface area contributed by atoms with Crippen molar-refractivity contribution in [3.05, 3.63) is 38.9 Å². The lowest BCUT2D eigenvalue weighted by atomic mass is 10.2. The zero-order chi connectivity index (χ0) is 14.5. The molecule has 7 heteroatoms. The number of carbonyl (C=O) groups excluding carboxylic acids is 1. The maximum Gasteiger partial charge on any atom is 0.287 e. The van der Waals surface area contributed by atoms with E-state index in [1.165, 1.54) is 31.0 Å². The maximum atomic E-state index is 11.8. The summed E-state index contributed by atoms with van der Waals surface area (Å²) in [5, 5.41) is 13.2. The molecule has 0 radical (unpaired) electrons. The number of hydrogen-bond donors (Lipinski definition) is 1. The van der Waals surface area contributed by atoms with Gasteiger partial charge >= 0.3 is 0 Å². The summed E-state index contributed by atoms with van der Waals surface area (Å²) >= 11 is 5.75. The molecule has 1 aromatic rings. The van der Waals surface area contributed by atoms with Crippen LogP contribution in [0.1, 0.15) is 23.2 Å². The molecule has 1 aliphatic carbocycles. The van der Waals surface area contributed by atoms with Crippen molar-refractivity contribution >= 4 is 23.2 Å². The Morgan fingerprint density at radius 1 is 1.50 bits per heavy atom. The number of halogens is 1. The summed E-state index contributed by atoms with van der Waals surface area (Å²) in [5.41, 5.74) is 0.0822. The first-order valence-corrected chi connectivity index (χ1v) is 6.75. The molecule has 6 nitrogen and oxygen atoms in total. The average molecular weight is 299 g/mol. The highest BCUT2D eigenvalue weighted by atomic mass is 35.5. The molecular weight excluding hydrogens is 284 g/mol. The highest BCUT2D eigenvalue weighted by Crippen LogP contribution is 2.28. The van der Waals surface area contributed by atoms with E-state index in [1.54, 1.807) is 0 Å². The molecule has 1 aromatic carbocycles. The zero-order valence-electron chi connectivity index (χ0n) is 10.8. The molecule has 2 rings (SSSR count). The monoisotopic (exact) mass is 298 g/mol. The molecule has 0 atom stereocenters. The highest BCUT2D eigenvalue weighted by Gasteiger charge is 2.21. The van der Waals surface area contributed by atoms with Crippen LogP contribution in [0.2, 0.25) is 5.02 Å². The van der Waals surface area contributed by atoms with Crippen molar-refractivity contribution in [2.24, 2.45) is 5.92 Å². The summed E-state index contributed by atoms with van der Waals surface area (Å²) in [7, 11) is 0. The molecule has 1 saturated carbocycles. The van der Waals surface area contributed by atoms with Gasteiger partial charge in [-0.2, -0.15) is 0 Å². The van der Waals surface area contributed by atoms with E-state index in [0.29, 0.717) is 24.6 Å². The number of amides is 1. The Kier molecular flexibility index (Phi) is 4.92. The summed E-state index contributed by atoms with van der Waals surface area (Å²) in [4.78, 5) is 21.8. The van der Waals surface area contributed by atoms with E-state index in [9.17, 15) is 14.9 Å². The second-order valence-electron chi connectivity index (χ2n) is 4.70. The molecule has 0 spiro atoms. The topological polar surface area (TPSA) is 81.5 Å². The van der Waals surface area contributed by atoms with Crippen molar-refractivity contribution in [3.8, 4) is 0 Å². The van der Waals surface area contributed by atoms with Crippen molar-refractivity contribution in [1.82, 2.24) is 5.32 Å². The van der Waals surface area contributed by atoms with Crippen molar-refractivity contribution in [2.45, 2.75) is 12.8 Å². The number of nitrogens with zero attached hydrogens (tertiary/aromatic N) is 1. The molecule has 1 aliphatic rings. The minimum Gasteiger partial charge on any atom is -0.379 e. The number of nitro groups is 1. The fourth-order valence-corrected chi connectivity index (χ4v) is 1.92. The quantitative estimate of drug-likeness (QED) is 0.476. The van der Waals surface area contributed by atoms with Crippen LogP contribution < -0.4 is 5.32 Å². The molecule has 0 bridgehead atoms. The van der Waals surface area contributed by atoms with E-state index >= 15 is 0 Å². The molecule has 20 heavy (non-hydrogen) atoms. The Hall–Kier alpha value is -1.66. The zero-order valence-corrected chi connectivity index (χ0v) is 11.6. The van der Waals surface area contributed by atoms with E-state index in [1.807, 2.05) is 0 Å². The van der Waals surface area contributed by atoms with Gasteiger partial charge in [-0.15, -0.1) is 0 Å². The Morgan fingerprint density at radius 2 is 2.25 bits per heavy atom. The Balaban J connectivity index is 1.79. The SMILES string of the molecule is O=C(NCCOCC1CC1)c1ccc([N+](=O)[O-])c(Cl)c1. The number of carbonyl (C=O) groups is 1. The van der Waals surface area contributed by atoms with Crippen LogP contribution in [0.4, 0.5) is 5.69 Å². The minimum atomic E-state index is -0.588. The van der Waals surface area contributed by atoms with Gasteiger partial charge in [-0.1, -0.05) is 11.6 Å². The number of benzene rings is 1. The fourth-order valence-electron chi connectivity index (χ4n) is 1.67. The van der Waals surface area contributed by atoms with Crippen LogP contribution in [-0.4, -0.2) is 30.6 Å². The lowest BCUT2D eigenvalue weighted by Crippen LogP contribution is -2.27. The van der Waals surface area contributed by atoms with Crippen LogP contribution in [0.15, 0.2) is 18.2 Å². The highest BCUT2D eigenvalue weighted by molar-refractivity contribution is 6.33. The summed E-state index contributed by atoms with van der Waals surface area (Å²) in [6.07, 6.45) is 2.46. The van der Waals surface area contributed by atoms with Gasteiger partial charge in [0, 0.05) is 24.8 Å². The molecule has 108 valence electrons. The van der Waals surface area contributed by atoms with Crippen molar-refractivity contribution in [2.75, 3.05) is 19.8 Å². The summed E-state index contributed by atoms with van der Waals surface area (Å²) in [6.45, 7) is 1.61. The van der Waals surface area contributed by atoms with E-state index in [2.05, 4.69) is 5.32 Å². The van der Waals surface area contributed by atoms with Gasteiger partial charge in [0.25, 0.3) is 11.6 Å². The van der Waals surface area contributed by atoms with E-state index in [-0.39, 0.29) is 16.6 Å². The second-order valence-corrected chi connectivity index (χ2v) is 5.10. The molecule has 0 aromatic heterocycles. The molecule has 0 saturated heterocycles. The van der Waals surface area contributed by atoms with Crippen molar-refractivity contribution in [1.29, 1.82) is 0 Å². The lowest BCUT2D eigenvalue weighted by Gasteiger charge is -2.06. The molecule has 1 N–H and O–H groups in total. The van der Waals surface area contributed by atoms with Gasteiger partial charge in [0.2, 0.25) is 0 Å². The predicted octanol–water partition coefficient (Wildman–Crippen LogP) is 2.40. The Labute approximate surface area is 121 Å². The number of rotatable bonds is 7. The third kappa shape index (κ3) is 4.18. The second kappa shape index (κ2) is 6.67. The third-order valence-corrected chi connectivity index (χ3v) is 3.29. The first kappa shape index (κ1) is 14.7. The first-order valence-electron chi connectivity index (χ1n) is 6.38. The fraction of sp³-hybridized carbons (Fsp3) is 0.462. The Morgan fingerprint density at radius 3 is 2.85 bits per heavy atom. The van der Waals surface area contributed by atoms with Gasteiger partial charge in [-0.25, -0.2) is 0 Å². The molecule has 0 unspecified atom stereocenters. The van der Waals surface area contributed by atoms with Crippen LogP contribution in [0.25, 0.3) is 0 Å². The van der Waals surface area contributed by atoms with Gasteiger partial charge in [-0.3, -0.25) is 14.9 Å². The summed E-state index contributed by atoms with van der Waals surface area (Å²) < 4.78 is 5.39. The number of nitro benzene ring substituents is 1. The van der Waals surface area contributed by atoms with Crippen molar-refractivity contribution < 1.29 is 14.5 Å². The van der Waals surface area contributed by atoms with Crippen LogP contribution in [0.5, 0.6) is 0 Å². The van der Waals surface area contributed by atoms with Gasteiger partial charge in [0.15, 0.2) is 0 Å². The van der Waals surface area contributed by atoms with Gasteiger partial charge in [-0.05, 0) is 30.9 Å². The van der Waals surface area contributed by atoms with Crippen LogP contribution >= 0.6 is 11.6 Å². The first-order chi connectivity index (χ1) is 9.58. The van der Waals surface area contributed by atoms with Gasteiger partial charge < -0.3 is 10.1 Å². The number of nitrogens with one attached hydrogen (secondary N) is 1. The molecule has 0 heterocycles. The van der Waals surface area contributed by atoms with Crippen LogP contribution in [0.3, 0.4) is 0 Å². The predicted molar refractivity (Wildman–Crippen MR) is 74.0 cm³/mol. The third-order valence-electron chi connectivity index (χ3n) is 2.99. The van der Waals surface area contributed by atoms with E-state index < -0.39 is 4.92 Å². The number of ether oxygens (including phenoxy) is 1. The molecule has 1 amide bonds. The minimum absolute atomic E-state index is 0.0485. The van der Waals surface area contributed by atoms with Gasteiger partial charge in [0.1, 0.15) is 5.02 Å². The lowest BCUT2D eigenvalue weighted by molar-refractivity contribution is -0.384. The number of hydrogen-bond acceptors (Lipinski definition) is 4. The van der Waals surface area contributed by atoms with Gasteiger partial charge in [0.05, 0.1) is 11.5 Å². The molecule has 0 aliphatic heterocycles. The van der Waals surface area contributed by atoms with Crippen LogP contribution in [0, 0.1) is 16.0 Å². The summed E-state index contributed by atoms with van der Waals surface area (Å²) in [6, 6.07) is 3.89. The summed E-state index contributed by atoms with van der Waals surface area (Å²) in [5.74, 6) is 0.371. The largest absolute Gasteiger partial charge is 0.379 e. The Bertz CT molecular complexity index is 517.